The molecule has 2 saturated heterocycles. The van der Waals surface area contributed by atoms with Crippen LogP contribution < -0.4 is 0 Å². The zero-order valence-corrected chi connectivity index (χ0v) is 6.49. The first-order valence-corrected chi connectivity index (χ1v) is 3.74. The lowest BCUT2D eigenvalue weighted by atomic mass is 9.99. The minimum absolute atomic E-state index is 0.597. The minimum Gasteiger partial charge on any atom is -0.394 e. The Balaban J connectivity index is 2.21. The van der Waals surface area contributed by atoms with Crippen LogP contribution in [-0.4, -0.2) is 62.2 Å². The fraction of sp³-hybridized carbons (Fsp3) is 1.00. The van der Waals surface area contributed by atoms with Gasteiger partial charge >= 0.3 is 5.97 Å². The van der Waals surface area contributed by atoms with E-state index in [0.29, 0.717) is 0 Å². The van der Waals surface area contributed by atoms with E-state index in [9.17, 15) is 20.4 Å². The van der Waals surface area contributed by atoms with Gasteiger partial charge in [-0.05, 0) is 0 Å². The second-order valence-electron chi connectivity index (χ2n) is 3.15. The van der Waals surface area contributed by atoms with E-state index < -0.39 is 36.7 Å². The van der Waals surface area contributed by atoms with Gasteiger partial charge in [-0.3, -0.25) is 4.74 Å². The average molecular weight is 194 g/mol. The number of aliphatic hydroxyl groups is 5. The Morgan fingerprint density at radius 3 is 2.38 bits per heavy atom. The van der Waals surface area contributed by atoms with Gasteiger partial charge in [0, 0.05) is 0 Å². The van der Waals surface area contributed by atoms with Crippen LogP contribution in [0.25, 0.3) is 0 Å². The molecule has 0 aromatic heterocycles. The number of hydrogen-bond donors (Lipinski definition) is 5. The number of epoxide rings is 1. The summed E-state index contributed by atoms with van der Waals surface area (Å²) in [7, 11) is 0. The standard InChI is InChI=1S/C6H10O7/c7-1-2-3(8)4(9)5(10)6(11,12-2)13-5/h2-4,7-11H,1H2/t2-,3-,4+,5-,6+/m1/s1. The maximum absolute atomic E-state index is 9.27. The average Bonchev–Trinajstić information content (AvgIpc) is 2.64. The molecule has 13 heavy (non-hydrogen) atoms. The molecular formula is C6H10O7. The van der Waals surface area contributed by atoms with Gasteiger partial charge in [0.2, 0.25) is 0 Å². The largest absolute Gasteiger partial charge is 0.394 e. The van der Waals surface area contributed by atoms with Crippen LogP contribution in [0.1, 0.15) is 0 Å². The van der Waals surface area contributed by atoms with Crippen LogP contribution in [-0.2, 0) is 9.47 Å². The van der Waals surface area contributed by atoms with E-state index in [2.05, 4.69) is 9.47 Å². The first kappa shape index (κ1) is 9.28. The van der Waals surface area contributed by atoms with Crippen LogP contribution in [0.5, 0.6) is 0 Å². The molecule has 0 bridgehead atoms. The smallest absolute Gasteiger partial charge is 0.344 e. The number of rotatable bonds is 1. The molecule has 0 saturated carbocycles. The number of fused-ring (bicyclic) bond motifs is 1. The molecule has 0 radical (unpaired) electrons. The normalized spacial score (nSPS) is 60.2. The molecule has 7 heteroatoms. The third kappa shape index (κ3) is 0.974. The van der Waals surface area contributed by atoms with E-state index in [1.807, 2.05) is 0 Å². The van der Waals surface area contributed by atoms with Crippen molar-refractivity contribution in [1.29, 1.82) is 0 Å². The van der Waals surface area contributed by atoms with Crippen molar-refractivity contribution in [2.24, 2.45) is 0 Å². The zero-order chi connectivity index (χ0) is 9.85. The lowest BCUT2D eigenvalue weighted by Gasteiger charge is -2.32. The summed E-state index contributed by atoms with van der Waals surface area (Å²) >= 11 is 0. The second kappa shape index (κ2) is 2.39. The number of aliphatic hydroxyl groups excluding tert-OH is 3. The van der Waals surface area contributed by atoms with Gasteiger partial charge in [-0.2, -0.15) is 0 Å². The van der Waals surface area contributed by atoms with Gasteiger partial charge < -0.3 is 30.3 Å². The van der Waals surface area contributed by atoms with Gasteiger partial charge in [-0.25, -0.2) is 0 Å². The summed E-state index contributed by atoms with van der Waals surface area (Å²) in [5.74, 6) is -4.59. The molecule has 0 amide bonds. The fourth-order valence-corrected chi connectivity index (χ4v) is 1.40. The molecule has 76 valence electrons. The molecule has 0 spiro atoms. The van der Waals surface area contributed by atoms with Gasteiger partial charge in [-0.1, -0.05) is 0 Å². The third-order valence-electron chi connectivity index (χ3n) is 2.30. The molecular weight excluding hydrogens is 184 g/mol. The van der Waals surface area contributed by atoms with E-state index in [0.717, 1.165) is 0 Å². The summed E-state index contributed by atoms with van der Waals surface area (Å²) in [5.41, 5.74) is 0. The molecule has 2 aliphatic heterocycles. The first-order valence-electron chi connectivity index (χ1n) is 3.74. The number of ether oxygens (including phenoxy) is 2. The van der Waals surface area contributed by atoms with Crippen LogP contribution in [0.15, 0.2) is 0 Å². The van der Waals surface area contributed by atoms with Crippen molar-refractivity contribution in [2.75, 3.05) is 6.61 Å². The molecule has 0 unspecified atom stereocenters. The van der Waals surface area contributed by atoms with E-state index in [1.165, 1.54) is 0 Å². The molecule has 0 aromatic rings. The molecule has 7 nitrogen and oxygen atoms in total. The lowest BCUT2D eigenvalue weighted by Crippen LogP contribution is -2.58. The van der Waals surface area contributed by atoms with Gasteiger partial charge in [-0.15, -0.1) is 0 Å². The van der Waals surface area contributed by atoms with Crippen LogP contribution in [0.3, 0.4) is 0 Å². The summed E-state index contributed by atoms with van der Waals surface area (Å²) in [6.07, 6.45) is -4.39. The fourth-order valence-electron chi connectivity index (χ4n) is 1.40. The first-order chi connectivity index (χ1) is 5.94. The molecule has 2 aliphatic rings. The molecule has 2 rings (SSSR count). The van der Waals surface area contributed by atoms with Crippen molar-refractivity contribution < 1.29 is 35.0 Å². The van der Waals surface area contributed by atoms with Crippen molar-refractivity contribution in [2.45, 2.75) is 30.1 Å². The second-order valence-corrected chi connectivity index (χ2v) is 3.15. The van der Waals surface area contributed by atoms with Gasteiger partial charge in [0.05, 0.1) is 6.61 Å². The topological polar surface area (TPSA) is 123 Å². The molecule has 2 fully saturated rings. The Bertz CT molecular complexity index is 233. The monoisotopic (exact) mass is 194 g/mol. The minimum atomic E-state index is -2.31. The third-order valence-corrected chi connectivity index (χ3v) is 2.30. The summed E-state index contributed by atoms with van der Waals surface area (Å²) in [5, 5.41) is 45.6. The van der Waals surface area contributed by atoms with Crippen molar-refractivity contribution >= 4 is 0 Å². The van der Waals surface area contributed by atoms with E-state index in [4.69, 9.17) is 5.11 Å². The highest BCUT2D eigenvalue weighted by Gasteiger charge is 2.81. The molecule has 2 heterocycles. The molecule has 5 atom stereocenters. The maximum atomic E-state index is 9.27. The Morgan fingerprint density at radius 2 is 1.85 bits per heavy atom. The van der Waals surface area contributed by atoms with Crippen molar-refractivity contribution in [3.05, 3.63) is 0 Å². The van der Waals surface area contributed by atoms with E-state index in [-0.39, 0.29) is 0 Å². The highest BCUT2D eigenvalue weighted by Crippen LogP contribution is 2.52. The van der Waals surface area contributed by atoms with E-state index in [1.54, 1.807) is 0 Å². The maximum Gasteiger partial charge on any atom is 0.344 e. The van der Waals surface area contributed by atoms with Crippen molar-refractivity contribution in [1.82, 2.24) is 0 Å². The van der Waals surface area contributed by atoms with E-state index >= 15 is 0 Å². The Hall–Kier alpha value is -0.280. The predicted molar refractivity (Wildman–Crippen MR) is 35.0 cm³/mol. The quantitative estimate of drug-likeness (QED) is 0.274. The Kier molecular flexibility index (Phi) is 1.71. The summed E-state index contributed by atoms with van der Waals surface area (Å²) in [6.45, 7) is -0.597. The highest BCUT2D eigenvalue weighted by atomic mass is 17.0. The molecule has 0 aromatic carbocycles. The van der Waals surface area contributed by atoms with Gasteiger partial charge in [0.15, 0.2) is 0 Å². The molecule has 0 aliphatic carbocycles. The SMILES string of the molecule is OC[C@H]1O[C@]2(O)O[C@]2(O)[C@@H](O)[C@@H]1O. The van der Waals surface area contributed by atoms with Gasteiger partial charge in [0.25, 0.3) is 5.79 Å². The van der Waals surface area contributed by atoms with Crippen LogP contribution in [0.4, 0.5) is 0 Å². The predicted octanol–water partition coefficient (Wildman–Crippen LogP) is -3.54. The van der Waals surface area contributed by atoms with Crippen LogP contribution in [0, 0.1) is 0 Å². The Labute approximate surface area is 72.8 Å². The van der Waals surface area contributed by atoms with Crippen LogP contribution >= 0.6 is 0 Å². The zero-order valence-electron chi connectivity index (χ0n) is 6.49. The molecule has 5 N–H and O–H groups in total. The van der Waals surface area contributed by atoms with Crippen molar-refractivity contribution in [3.8, 4) is 0 Å². The number of hydrogen-bond acceptors (Lipinski definition) is 7. The van der Waals surface area contributed by atoms with Crippen LogP contribution in [0.2, 0.25) is 0 Å². The highest BCUT2D eigenvalue weighted by molar-refractivity contribution is 5.07. The summed E-state index contributed by atoms with van der Waals surface area (Å²) in [4.78, 5) is 0. The summed E-state index contributed by atoms with van der Waals surface area (Å²) < 4.78 is 8.94. The Morgan fingerprint density at radius 1 is 1.23 bits per heavy atom. The lowest BCUT2D eigenvalue weighted by molar-refractivity contribution is -0.294. The van der Waals surface area contributed by atoms with Gasteiger partial charge in [0.1, 0.15) is 18.3 Å². The summed E-state index contributed by atoms with van der Waals surface area (Å²) in [6, 6.07) is 0. The van der Waals surface area contributed by atoms with Crippen molar-refractivity contribution in [3.63, 3.8) is 0 Å².